The van der Waals surface area contributed by atoms with Gasteiger partial charge < -0.3 is 10.4 Å². The van der Waals surface area contributed by atoms with Gasteiger partial charge in [-0.05, 0) is 13.3 Å². The van der Waals surface area contributed by atoms with E-state index in [-0.39, 0.29) is 24.0 Å². The van der Waals surface area contributed by atoms with Gasteiger partial charge in [-0.3, -0.25) is 4.79 Å². The van der Waals surface area contributed by atoms with E-state index in [1.807, 2.05) is 13.8 Å². The lowest BCUT2D eigenvalue weighted by molar-refractivity contribution is -0.130. The summed E-state index contributed by atoms with van der Waals surface area (Å²) in [7, 11) is 0. The quantitative estimate of drug-likeness (QED) is 0.639. The zero-order chi connectivity index (χ0) is 11.9. The van der Waals surface area contributed by atoms with Crippen molar-refractivity contribution < 1.29 is 9.90 Å². The molecule has 0 aliphatic rings. The van der Waals surface area contributed by atoms with Crippen LogP contribution in [-0.2, 0) is 4.79 Å². The molecule has 90 valence electrons. The molecule has 0 rings (SSSR count). The Morgan fingerprint density at radius 3 is 2.47 bits per heavy atom. The number of unbranched alkanes of at least 4 members (excludes halogenated alkanes) is 2. The molecule has 1 amide bonds. The second kappa shape index (κ2) is 6.83. The van der Waals surface area contributed by atoms with Gasteiger partial charge in [-0.2, -0.15) is 0 Å². The molecule has 0 spiro atoms. The number of hydrogen-bond acceptors (Lipinski definition) is 2. The minimum atomic E-state index is -0.321. The highest BCUT2D eigenvalue weighted by Gasteiger charge is 2.27. The molecule has 0 fully saturated rings. The lowest BCUT2D eigenvalue weighted by Gasteiger charge is -2.25. The van der Waals surface area contributed by atoms with Gasteiger partial charge in [-0.25, -0.2) is 0 Å². The molecule has 0 aliphatic carbocycles. The number of rotatable bonds is 7. The van der Waals surface area contributed by atoms with Crippen LogP contribution in [0.2, 0.25) is 0 Å². The van der Waals surface area contributed by atoms with Crippen LogP contribution in [0, 0.1) is 5.41 Å². The molecule has 0 saturated carbocycles. The average Bonchev–Trinajstić information content (AvgIpc) is 2.17. The van der Waals surface area contributed by atoms with Crippen LogP contribution in [0.5, 0.6) is 0 Å². The van der Waals surface area contributed by atoms with Crippen molar-refractivity contribution in [1.29, 1.82) is 0 Å². The fraction of sp³-hybridized carbons (Fsp3) is 0.917. The molecule has 15 heavy (non-hydrogen) atoms. The molecule has 0 aromatic rings. The normalized spacial score (nSPS) is 13.7. The minimum Gasteiger partial charge on any atom is -0.394 e. The first-order valence-electron chi connectivity index (χ1n) is 5.86. The summed E-state index contributed by atoms with van der Waals surface area (Å²) in [4.78, 5) is 11.8. The van der Waals surface area contributed by atoms with Crippen LogP contribution < -0.4 is 5.32 Å². The number of hydrogen-bond donors (Lipinski definition) is 2. The van der Waals surface area contributed by atoms with E-state index >= 15 is 0 Å². The summed E-state index contributed by atoms with van der Waals surface area (Å²) in [6.45, 7) is 7.88. The molecule has 0 aromatic heterocycles. The van der Waals surface area contributed by atoms with Crippen molar-refractivity contribution >= 4 is 5.91 Å². The molecule has 2 N–H and O–H groups in total. The van der Waals surface area contributed by atoms with E-state index in [9.17, 15) is 4.79 Å². The molecule has 0 radical (unpaired) electrons. The van der Waals surface area contributed by atoms with Crippen molar-refractivity contribution in [3.8, 4) is 0 Å². The summed E-state index contributed by atoms with van der Waals surface area (Å²) >= 11 is 0. The first-order valence-corrected chi connectivity index (χ1v) is 5.86. The molecular weight excluding hydrogens is 190 g/mol. The molecule has 1 atom stereocenters. The predicted octanol–water partition coefficient (Wildman–Crippen LogP) is 2.09. The first-order chi connectivity index (χ1) is 6.94. The van der Waals surface area contributed by atoms with Crippen LogP contribution in [-0.4, -0.2) is 23.7 Å². The number of carbonyl (C=O) groups excluding carboxylic acids is 1. The maximum absolute atomic E-state index is 11.8. The van der Waals surface area contributed by atoms with Gasteiger partial charge in [-0.1, -0.05) is 40.0 Å². The monoisotopic (exact) mass is 215 g/mol. The summed E-state index contributed by atoms with van der Waals surface area (Å²) in [5.74, 6) is 0.0418. The Labute approximate surface area is 93.3 Å². The summed E-state index contributed by atoms with van der Waals surface area (Å²) in [6.07, 6.45) is 4.34. The number of amides is 1. The molecule has 0 saturated heterocycles. The minimum absolute atomic E-state index is 0.00319. The van der Waals surface area contributed by atoms with Crippen LogP contribution in [0.15, 0.2) is 0 Å². The third kappa shape index (κ3) is 5.78. The molecule has 3 heteroatoms. The Balaban J connectivity index is 4.01. The zero-order valence-corrected chi connectivity index (χ0v) is 10.5. The van der Waals surface area contributed by atoms with Crippen LogP contribution >= 0.6 is 0 Å². The van der Waals surface area contributed by atoms with E-state index in [2.05, 4.69) is 12.2 Å². The SMILES string of the molecule is CCCCCC(C)(C)C(=O)NC(C)CO. The average molecular weight is 215 g/mol. The number of aliphatic hydroxyl groups excluding tert-OH is 1. The molecule has 0 aromatic carbocycles. The van der Waals surface area contributed by atoms with Crippen molar-refractivity contribution in [3.63, 3.8) is 0 Å². The van der Waals surface area contributed by atoms with E-state index < -0.39 is 0 Å². The van der Waals surface area contributed by atoms with Gasteiger partial charge in [-0.15, -0.1) is 0 Å². The van der Waals surface area contributed by atoms with Crippen molar-refractivity contribution in [2.75, 3.05) is 6.61 Å². The highest BCUT2D eigenvalue weighted by Crippen LogP contribution is 2.23. The van der Waals surface area contributed by atoms with Crippen LogP contribution in [0.4, 0.5) is 0 Å². The fourth-order valence-corrected chi connectivity index (χ4v) is 1.40. The van der Waals surface area contributed by atoms with E-state index in [0.717, 1.165) is 12.8 Å². The highest BCUT2D eigenvalue weighted by molar-refractivity contribution is 5.81. The van der Waals surface area contributed by atoms with Gasteiger partial charge >= 0.3 is 0 Å². The van der Waals surface area contributed by atoms with Gasteiger partial charge in [0.05, 0.1) is 6.61 Å². The number of nitrogens with one attached hydrogen (secondary N) is 1. The van der Waals surface area contributed by atoms with Crippen molar-refractivity contribution in [3.05, 3.63) is 0 Å². The van der Waals surface area contributed by atoms with Crippen molar-refractivity contribution in [2.45, 2.75) is 59.4 Å². The van der Waals surface area contributed by atoms with Crippen molar-refractivity contribution in [1.82, 2.24) is 5.32 Å². The van der Waals surface area contributed by atoms with E-state index in [1.165, 1.54) is 12.8 Å². The Morgan fingerprint density at radius 1 is 1.40 bits per heavy atom. The Hall–Kier alpha value is -0.570. The fourth-order valence-electron chi connectivity index (χ4n) is 1.40. The Bertz CT molecular complexity index is 190. The second-order valence-electron chi connectivity index (χ2n) is 4.90. The summed E-state index contributed by atoms with van der Waals surface area (Å²) in [5, 5.41) is 11.7. The van der Waals surface area contributed by atoms with Crippen LogP contribution in [0.3, 0.4) is 0 Å². The van der Waals surface area contributed by atoms with Crippen molar-refractivity contribution in [2.24, 2.45) is 5.41 Å². The van der Waals surface area contributed by atoms with Gasteiger partial charge in [0.15, 0.2) is 0 Å². The van der Waals surface area contributed by atoms with Gasteiger partial charge in [0.1, 0.15) is 0 Å². The van der Waals surface area contributed by atoms with Gasteiger partial charge in [0.2, 0.25) is 5.91 Å². The maximum atomic E-state index is 11.8. The topological polar surface area (TPSA) is 49.3 Å². The molecule has 0 aliphatic heterocycles. The van der Waals surface area contributed by atoms with Crippen LogP contribution in [0.1, 0.15) is 53.4 Å². The summed E-state index contributed by atoms with van der Waals surface area (Å²) in [5.41, 5.74) is -0.321. The molecular formula is C12H25NO2. The lowest BCUT2D eigenvalue weighted by atomic mass is 9.85. The van der Waals surface area contributed by atoms with E-state index in [1.54, 1.807) is 6.92 Å². The Morgan fingerprint density at radius 2 is 2.00 bits per heavy atom. The van der Waals surface area contributed by atoms with Gasteiger partial charge in [0, 0.05) is 11.5 Å². The Kier molecular flexibility index (Phi) is 6.57. The number of carbonyl (C=O) groups is 1. The van der Waals surface area contributed by atoms with Crippen LogP contribution in [0.25, 0.3) is 0 Å². The number of aliphatic hydroxyl groups is 1. The zero-order valence-electron chi connectivity index (χ0n) is 10.5. The molecule has 0 bridgehead atoms. The predicted molar refractivity (Wildman–Crippen MR) is 62.6 cm³/mol. The first kappa shape index (κ1) is 14.4. The highest BCUT2D eigenvalue weighted by atomic mass is 16.3. The third-order valence-corrected chi connectivity index (χ3v) is 2.67. The summed E-state index contributed by atoms with van der Waals surface area (Å²) in [6, 6.07) is -0.150. The second-order valence-corrected chi connectivity index (χ2v) is 4.90. The van der Waals surface area contributed by atoms with E-state index in [0.29, 0.717) is 0 Å². The maximum Gasteiger partial charge on any atom is 0.225 e. The lowest BCUT2D eigenvalue weighted by Crippen LogP contribution is -2.43. The third-order valence-electron chi connectivity index (χ3n) is 2.67. The van der Waals surface area contributed by atoms with Gasteiger partial charge in [0.25, 0.3) is 0 Å². The summed E-state index contributed by atoms with van der Waals surface area (Å²) < 4.78 is 0. The standard InChI is InChI=1S/C12H25NO2/c1-5-6-7-8-12(3,4)11(15)13-10(2)9-14/h10,14H,5-9H2,1-4H3,(H,13,15). The van der Waals surface area contributed by atoms with E-state index in [4.69, 9.17) is 5.11 Å². The molecule has 3 nitrogen and oxygen atoms in total. The molecule has 0 heterocycles. The molecule has 1 unspecified atom stereocenters. The smallest absolute Gasteiger partial charge is 0.225 e. The largest absolute Gasteiger partial charge is 0.394 e.